The summed E-state index contributed by atoms with van der Waals surface area (Å²) in [4.78, 5) is 8.28. The summed E-state index contributed by atoms with van der Waals surface area (Å²) in [6.07, 6.45) is 0.339. The zero-order valence-corrected chi connectivity index (χ0v) is 17.2. The standard InChI is InChI=1S/C17H26F2N4O.HI/c1-4-20-17(23-9-8-12(24)11-23)21-10-15(22(2)3)16-13(18)6-5-7-14(16)19;/h5-7,12,15,24H,4,8-11H2,1-3H3,(H,20,21);1H/t12-,15?;/m1./s1. The molecule has 0 bridgehead atoms. The molecule has 2 rings (SSSR count). The Kier molecular flexibility index (Phi) is 9.01. The van der Waals surface area contributed by atoms with Crippen molar-refractivity contribution < 1.29 is 13.9 Å². The largest absolute Gasteiger partial charge is 0.391 e. The van der Waals surface area contributed by atoms with Gasteiger partial charge in [0.15, 0.2) is 5.96 Å². The molecule has 2 N–H and O–H groups in total. The number of aliphatic hydroxyl groups excluding tert-OH is 1. The van der Waals surface area contributed by atoms with Gasteiger partial charge < -0.3 is 20.2 Å². The maximum atomic E-state index is 14.1. The third-order valence-corrected chi connectivity index (χ3v) is 4.17. The molecule has 1 unspecified atom stereocenters. The molecule has 1 aromatic rings. The van der Waals surface area contributed by atoms with Gasteiger partial charge in [0.1, 0.15) is 11.6 Å². The van der Waals surface area contributed by atoms with Crippen molar-refractivity contribution in [2.75, 3.05) is 40.3 Å². The summed E-state index contributed by atoms with van der Waals surface area (Å²) in [6, 6.07) is 3.38. The number of aliphatic hydroxyl groups is 1. The Morgan fingerprint density at radius 1 is 1.40 bits per heavy atom. The van der Waals surface area contributed by atoms with E-state index in [4.69, 9.17) is 0 Å². The number of β-amino-alcohol motifs (C(OH)–C–C–N with tert-alkyl or cyclic N) is 1. The zero-order valence-electron chi connectivity index (χ0n) is 14.9. The molecule has 1 saturated heterocycles. The Morgan fingerprint density at radius 3 is 2.52 bits per heavy atom. The van der Waals surface area contributed by atoms with Crippen LogP contribution in [-0.4, -0.2) is 67.2 Å². The van der Waals surface area contributed by atoms with E-state index < -0.39 is 17.7 Å². The second-order valence-corrected chi connectivity index (χ2v) is 6.20. The van der Waals surface area contributed by atoms with Gasteiger partial charge in [-0.1, -0.05) is 6.07 Å². The smallest absolute Gasteiger partial charge is 0.194 e. The van der Waals surface area contributed by atoms with Crippen LogP contribution in [0.15, 0.2) is 23.2 Å². The molecule has 1 heterocycles. The summed E-state index contributed by atoms with van der Waals surface area (Å²) >= 11 is 0. The fourth-order valence-corrected chi connectivity index (χ4v) is 2.87. The molecule has 1 aliphatic heterocycles. The summed E-state index contributed by atoms with van der Waals surface area (Å²) in [7, 11) is 3.55. The molecule has 0 saturated carbocycles. The average molecular weight is 468 g/mol. The maximum Gasteiger partial charge on any atom is 0.194 e. The summed E-state index contributed by atoms with van der Waals surface area (Å²) < 4.78 is 28.2. The van der Waals surface area contributed by atoms with E-state index in [1.807, 2.05) is 11.8 Å². The fourth-order valence-electron chi connectivity index (χ4n) is 2.87. The highest BCUT2D eigenvalue weighted by Crippen LogP contribution is 2.25. The van der Waals surface area contributed by atoms with Gasteiger partial charge in [0.05, 0.1) is 18.7 Å². The van der Waals surface area contributed by atoms with Crippen LogP contribution in [0.3, 0.4) is 0 Å². The zero-order chi connectivity index (χ0) is 17.7. The minimum absolute atomic E-state index is 0. The van der Waals surface area contributed by atoms with Crippen LogP contribution >= 0.6 is 24.0 Å². The van der Waals surface area contributed by atoms with E-state index in [0.717, 1.165) is 0 Å². The summed E-state index contributed by atoms with van der Waals surface area (Å²) in [5.41, 5.74) is 0.0311. The first-order valence-electron chi connectivity index (χ1n) is 8.25. The van der Waals surface area contributed by atoms with E-state index in [-0.39, 0.29) is 42.2 Å². The monoisotopic (exact) mass is 468 g/mol. The SMILES string of the molecule is CCNC(=NCC(c1c(F)cccc1F)N(C)C)N1CC[C@@H](O)C1.I. The second-order valence-electron chi connectivity index (χ2n) is 6.20. The van der Waals surface area contributed by atoms with Crippen molar-refractivity contribution in [3.63, 3.8) is 0 Å². The summed E-state index contributed by atoms with van der Waals surface area (Å²) in [5, 5.41) is 12.9. The molecule has 0 aromatic heterocycles. The molecule has 8 heteroatoms. The van der Waals surface area contributed by atoms with Gasteiger partial charge in [-0.05, 0) is 39.6 Å². The van der Waals surface area contributed by atoms with Crippen LogP contribution in [0.25, 0.3) is 0 Å². The van der Waals surface area contributed by atoms with Crippen molar-refractivity contribution in [2.24, 2.45) is 4.99 Å². The van der Waals surface area contributed by atoms with Crippen molar-refractivity contribution in [1.29, 1.82) is 0 Å². The molecule has 1 aliphatic rings. The van der Waals surface area contributed by atoms with Crippen LogP contribution in [-0.2, 0) is 0 Å². The van der Waals surface area contributed by atoms with Gasteiger partial charge in [-0.15, -0.1) is 24.0 Å². The summed E-state index contributed by atoms with van der Waals surface area (Å²) in [5.74, 6) is -0.464. The van der Waals surface area contributed by atoms with E-state index in [1.54, 1.807) is 19.0 Å². The lowest BCUT2D eigenvalue weighted by Crippen LogP contribution is -2.41. The third kappa shape index (κ3) is 5.75. The van der Waals surface area contributed by atoms with Crippen molar-refractivity contribution >= 4 is 29.9 Å². The number of hydrogen-bond acceptors (Lipinski definition) is 3. The Hall–Kier alpha value is -1.00. The number of halogens is 3. The lowest BCUT2D eigenvalue weighted by molar-refractivity contribution is 0.187. The maximum absolute atomic E-state index is 14.1. The third-order valence-electron chi connectivity index (χ3n) is 4.17. The predicted molar refractivity (Wildman–Crippen MR) is 106 cm³/mol. The van der Waals surface area contributed by atoms with E-state index in [2.05, 4.69) is 10.3 Å². The molecule has 1 fully saturated rings. The predicted octanol–water partition coefficient (Wildman–Crippen LogP) is 2.22. The number of aliphatic imine (C=N–C) groups is 1. The molecule has 1 aromatic carbocycles. The molecular weight excluding hydrogens is 441 g/mol. The highest BCUT2D eigenvalue weighted by atomic mass is 127. The van der Waals surface area contributed by atoms with Crippen LogP contribution in [0.1, 0.15) is 24.9 Å². The first-order chi connectivity index (χ1) is 11.4. The number of nitrogens with one attached hydrogen (secondary N) is 1. The molecule has 0 amide bonds. The van der Waals surface area contributed by atoms with Crippen LogP contribution in [0.4, 0.5) is 8.78 Å². The van der Waals surface area contributed by atoms with Gasteiger partial charge in [-0.2, -0.15) is 0 Å². The van der Waals surface area contributed by atoms with E-state index in [9.17, 15) is 13.9 Å². The Labute approximate surface area is 165 Å². The van der Waals surface area contributed by atoms with Gasteiger partial charge in [0, 0.05) is 25.2 Å². The molecule has 0 aliphatic carbocycles. The second kappa shape index (κ2) is 10.2. The van der Waals surface area contributed by atoms with Gasteiger partial charge >= 0.3 is 0 Å². The Balaban J connectivity index is 0.00000312. The average Bonchev–Trinajstić information content (AvgIpc) is 2.95. The molecule has 5 nitrogen and oxygen atoms in total. The molecule has 25 heavy (non-hydrogen) atoms. The van der Waals surface area contributed by atoms with Crippen molar-refractivity contribution in [1.82, 2.24) is 15.1 Å². The minimum Gasteiger partial charge on any atom is -0.391 e. The lowest BCUT2D eigenvalue weighted by Gasteiger charge is -2.26. The first kappa shape index (κ1) is 22.0. The minimum atomic E-state index is -0.564. The number of guanidine groups is 1. The number of hydrogen-bond donors (Lipinski definition) is 2. The van der Waals surface area contributed by atoms with E-state index >= 15 is 0 Å². The van der Waals surface area contributed by atoms with Crippen molar-refractivity contribution in [3.05, 3.63) is 35.4 Å². The van der Waals surface area contributed by atoms with Gasteiger partial charge in [-0.3, -0.25) is 4.99 Å². The lowest BCUT2D eigenvalue weighted by atomic mass is 10.0. The van der Waals surface area contributed by atoms with Gasteiger partial charge in [0.2, 0.25) is 0 Å². The van der Waals surface area contributed by atoms with E-state index in [1.165, 1.54) is 18.2 Å². The quantitative estimate of drug-likeness (QED) is 0.396. The highest BCUT2D eigenvalue weighted by Gasteiger charge is 2.25. The van der Waals surface area contributed by atoms with Crippen LogP contribution in [0.5, 0.6) is 0 Å². The first-order valence-corrected chi connectivity index (χ1v) is 8.25. The number of likely N-dealkylation sites (tertiary alicyclic amines) is 1. The number of nitrogens with zero attached hydrogens (tertiary/aromatic N) is 3. The van der Waals surface area contributed by atoms with Crippen molar-refractivity contribution in [2.45, 2.75) is 25.5 Å². The van der Waals surface area contributed by atoms with Crippen LogP contribution in [0, 0.1) is 11.6 Å². The highest BCUT2D eigenvalue weighted by molar-refractivity contribution is 14.0. The number of rotatable bonds is 5. The Morgan fingerprint density at radius 2 is 2.04 bits per heavy atom. The number of benzene rings is 1. The molecule has 0 radical (unpaired) electrons. The van der Waals surface area contributed by atoms with E-state index in [0.29, 0.717) is 32.0 Å². The molecular formula is C17H27F2IN4O. The number of likely N-dealkylation sites (N-methyl/N-ethyl adjacent to an activating group) is 1. The summed E-state index contributed by atoms with van der Waals surface area (Å²) in [6.45, 7) is 4.11. The molecule has 0 spiro atoms. The fraction of sp³-hybridized carbons (Fsp3) is 0.588. The van der Waals surface area contributed by atoms with Gasteiger partial charge in [0.25, 0.3) is 0 Å². The molecule has 2 atom stereocenters. The topological polar surface area (TPSA) is 51.1 Å². The van der Waals surface area contributed by atoms with Crippen LogP contribution < -0.4 is 5.32 Å². The van der Waals surface area contributed by atoms with Crippen LogP contribution in [0.2, 0.25) is 0 Å². The van der Waals surface area contributed by atoms with Crippen molar-refractivity contribution in [3.8, 4) is 0 Å². The van der Waals surface area contributed by atoms with Gasteiger partial charge in [-0.25, -0.2) is 8.78 Å². The Bertz CT molecular complexity index is 566. The molecule has 142 valence electrons. The normalized spacial score (nSPS) is 19.1.